The van der Waals surface area contributed by atoms with Crippen LogP contribution >= 0.6 is 0 Å². The van der Waals surface area contributed by atoms with Gasteiger partial charge in [0.05, 0.1) is 18.1 Å². The van der Waals surface area contributed by atoms with E-state index in [9.17, 15) is 0 Å². The monoisotopic (exact) mass is 352 g/mol. The molecule has 27 heavy (non-hydrogen) atoms. The number of ether oxygens (including phenoxy) is 1. The fourth-order valence-electron chi connectivity index (χ4n) is 3.87. The zero-order valence-corrected chi connectivity index (χ0v) is 15.1. The Hall–Kier alpha value is -3.46. The Morgan fingerprint density at radius 2 is 1.15 bits per heavy atom. The third-order valence-corrected chi connectivity index (χ3v) is 5.20. The number of nitrogens with zero attached hydrogens (tertiary/aromatic N) is 2. The van der Waals surface area contributed by atoms with Crippen LogP contribution in [0, 0.1) is 0 Å². The molecule has 0 aliphatic rings. The van der Waals surface area contributed by atoms with Gasteiger partial charge in [-0.1, -0.05) is 48.5 Å². The van der Waals surface area contributed by atoms with E-state index in [1.54, 1.807) is 7.11 Å². The second kappa shape index (κ2) is 6.36. The maximum absolute atomic E-state index is 5.36. The Balaban J connectivity index is 1.76. The Bertz CT molecular complexity index is 1140. The fourth-order valence-corrected chi connectivity index (χ4v) is 3.87. The predicted octanol–water partition coefficient (Wildman–Crippen LogP) is 5.70. The van der Waals surface area contributed by atoms with Crippen LogP contribution in [0.3, 0.4) is 0 Å². The number of aromatic nitrogens is 2. The van der Waals surface area contributed by atoms with Gasteiger partial charge >= 0.3 is 0 Å². The van der Waals surface area contributed by atoms with Gasteiger partial charge in [-0.05, 0) is 52.7 Å². The molecule has 0 amide bonds. The highest BCUT2D eigenvalue weighted by molar-refractivity contribution is 5.82. The summed E-state index contributed by atoms with van der Waals surface area (Å²) in [7, 11) is 1.70. The third kappa shape index (κ3) is 2.59. The van der Waals surface area contributed by atoms with Crippen LogP contribution in [0.1, 0.15) is 11.7 Å². The molecule has 5 rings (SSSR count). The number of methoxy groups -OCH3 is 1. The first-order valence-electron chi connectivity index (χ1n) is 9.10. The van der Waals surface area contributed by atoms with E-state index in [0.717, 1.165) is 5.75 Å². The van der Waals surface area contributed by atoms with Crippen LogP contribution < -0.4 is 4.74 Å². The minimum atomic E-state index is 0.0238. The normalized spacial score (nSPS) is 11.5. The van der Waals surface area contributed by atoms with Crippen molar-refractivity contribution < 1.29 is 4.74 Å². The molecule has 3 heteroatoms. The lowest BCUT2D eigenvalue weighted by atomic mass is 10.1. The second-order valence-electron chi connectivity index (χ2n) is 6.71. The topological polar surface area (TPSA) is 19.1 Å². The van der Waals surface area contributed by atoms with E-state index < -0.39 is 0 Å². The van der Waals surface area contributed by atoms with Gasteiger partial charge in [0.25, 0.3) is 0 Å². The van der Waals surface area contributed by atoms with Crippen molar-refractivity contribution in [2.75, 3.05) is 7.11 Å². The van der Waals surface area contributed by atoms with Crippen molar-refractivity contribution in [2.24, 2.45) is 0 Å². The summed E-state index contributed by atoms with van der Waals surface area (Å²) in [6, 6.07) is 29.7. The molecule has 0 fully saturated rings. The van der Waals surface area contributed by atoms with Crippen LogP contribution in [-0.2, 0) is 0 Å². The van der Waals surface area contributed by atoms with Crippen LogP contribution in [0.15, 0.2) is 97.3 Å². The first-order chi connectivity index (χ1) is 13.3. The summed E-state index contributed by atoms with van der Waals surface area (Å²) in [5.41, 5.74) is 3.64. The molecule has 3 nitrogen and oxygen atoms in total. The third-order valence-electron chi connectivity index (χ3n) is 5.20. The number of fused-ring (bicyclic) bond motifs is 2. The largest absolute Gasteiger partial charge is 0.497 e. The zero-order valence-electron chi connectivity index (χ0n) is 15.1. The standard InChI is InChI=1S/C24H20N2O/c1-27-21-12-10-20(11-13-21)24(25-16-14-18-6-2-4-8-22(18)25)26-17-15-19-7-3-5-9-23(19)26/h2-17,24H,1H3. The lowest BCUT2D eigenvalue weighted by Gasteiger charge is -2.24. The molecule has 2 aromatic heterocycles. The van der Waals surface area contributed by atoms with Crippen LogP contribution in [0.5, 0.6) is 5.75 Å². The first-order valence-corrected chi connectivity index (χ1v) is 9.10. The van der Waals surface area contributed by atoms with E-state index in [2.05, 4.69) is 94.3 Å². The number of benzene rings is 3. The highest BCUT2D eigenvalue weighted by atomic mass is 16.5. The van der Waals surface area contributed by atoms with Crippen LogP contribution in [0.2, 0.25) is 0 Å². The van der Waals surface area contributed by atoms with Crippen LogP contribution in [0.25, 0.3) is 21.8 Å². The molecule has 0 bridgehead atoms. The van der Waals surface area contributed by atoms with E-state index in [1.165, 1.54) is 27.4 Å². The predicted molar refractivity (Wildman–Crippen MR) is 110 cm³/mol. The Morgan fingerprint density at radius 3 is 1.67 bits per heavy atom. The number of rotatable bonds is 4. The summed E-state index contributed by atoms with van der Waals surface area (Å²) in [5, 5.41) is 2.49. The van der Waals surface area contributed by atoms with Gasteiger partial charge in [-0.3, -0.25) is 0 Å². The minimum Gasteiger partial charge on any atom is -0.497 e. The molecular weight excluding hydrogens is 332 g/mol. The summed E-state index contributed by atoms with van der Waals surface area (Å²) in [5.74, 6) is 0.868. The van der Waals surface area contributed by atoms with Gasteiger partial charge in [0.1, 0.15) is 11.9 Å². The highest BCUT2D eigenvalue weighted by Gasteiger charge is 2.19. The summed E-state index contributed by atoms with van der Waals surface area (Å²) in [6.07, 6.45) is 4.37. The van der Waals surface area contributed by atoms with Crippen molar-refractivity contribution in [2.45, 2.75) is 6.17 Å². The van der Waals surface area contributed by atoms with Crippen molar-refractivity contribution in [1.82, 2.24) is 9.13 Å². The molecular formula is C24H20N2O. The molecule has 3 aromatic carbocycles. The molecule has 0 saturated heterocycles. The van der Waals surface area contributed by atoms with Crippen molar-refractivity contribution in [3.05, 3.63) is 103 Å². The van der Waals surface area contributed by atoms with Gasteiger partial charge < -0.3 is 13.9 Å². The molecule has 0 spiro atoms. The van der Waals surface area contributed by atoms with Gasteiger partial charge in [-0.2, -0.15) is 0 Å². The van der Waals surface area contributed by atoms with Crippen molar-refractivity contribution in [3.63, 3.8) is 0 Å². The quantitative estimate of drug-likeness (QED) is 0.406. The molecule has 0 N–H and O–H groups in total. The molecule has 0 unspecified atom stereocenters. The lowest BCUT2D eigenvalue weighted by molar-refractivity contribution is 0.414. The highest BCUT2D eigenvalue weighted by Crippen LogP contribution is 2.31. The summed E-state index contributed by atoms with van der Waals surface area (Å²) < 4.78 is 10.0. The van der Waals surface area contributed by atoms with Gasteiger partial charge in [0.15, 0.2) is 0 Å². The van der Waals surface area contributed by atoms with Gasteiger partial charge in [-0.15, -0.1) is 0 Å². The van der Waals surface area contributed by atoms with Crippen molar-refractivity contribution in [1.29, 1.82) is 0 Å². The summed E-state index contributed by atoms with van der Waals surface area (Å²) >= 11 is 0. The maximum Gasteiger partial charge on any atom is 0.136 e. The average molecular weight is 352 g/mol. The van der Waals surface area contributed by atoms with E-state index >= 15 is 0 Å². The Labute approximate surface area is 158 Å². The smallest absolute Gasteiger partial charge is 0.136 e. The zero-order chi connectivity index (χ0) is 18.2. The number of hydrogen-bond acceptors (Lipinski definition) is 1. The molecule has 5 aromatic rings. The average Bonchev–Trinajstić information content (AvgIpc) is 3.34. The molecule has 0 aliphatic carbocycles. The van der Waals surface area contributed by atoms with Crippen LogP contribution in [0.4, 0.5) is 0 Å². The molecule has 2 heterocycles. The van der Waals surface area contributed by atoms with Crippen LogP contribution in [-0.4, -0.2) is 16.2 Å². The van der Waals surface area contributed by atoms with E-state index in [1.807, 2.05) is 12.1 Å². The van der Waals surface area contributed by atoms with Gasteiger partial charge in [0, 0.05) is 12.4 Å². The Morgan fingerprint density at radius 1 is 0.630 bits per heavy atom. The summed E-state index contributed by atoms with van der Waals surface area (Å²) in [6.45, 7) is 0. The fraction of sp³-hybridized carbons (Fsp3) is 0.0833. The molecule has 0 radical (unpaired) electrons. The van der Waals surface area contributed by atoms with E-state index in [4.69, 9.17) is 4.74 Å². The van der Waals surface area contributed by atoms with Gasteiger partial charge in [-0.25, -0.2) is 0 Å². The van der Waals surface area contributed by atoms with Gasteiger partial charge in [0.2, 0.25) is 0 Å². The molecule has 0 aliphatic heterocycles. The number of para-hydroxylation sites is 2. The first kappa shape index (κ1) is 15.8. The molecule has 0 saturated carbocycles. The summed E-state index contributed by atoms with van der Waals surface area (Å²) in [4.78, 5) is 0. The Kier molecular flexibility index (Phi) is 3.72. The molecule has 0 atom stereocenters. The van der Waals surface area contributed by atoms with E-state index in [0.29, 0.717) is 0 Å². The number of hydrogen-bond donors (Lipinski definition) is 0. The lowest BCUT2D eigenvalue weighted by Crippen LogP contribution is -2.18. The van der Waals surface area contributed by atoms with Crippen molar-refractivity contribution >= 4 is 21.8 Å². The van der Waals surface area contributed by atoms with E-state index in [-0.39, 0.29) is 6.17 Å². The molecule has 132 valence electrons. The SMILES string of the molecule is COc1ccc(C(n2ccc3ccccc32)n2ccc3ccccc32)cc1. The van der Waals surface area contributed by atoms with Crippen molar-refractivity contribution in [3.8, 4) is 5.75 Å². The second-order valence-corrected chi connectivity index (χ2v) is 6.71. The maximum atomic E-state index is 5.36. The minimum absolute atomic E-state index is 0.0238.